The number of nitrogens with two attached hydrogens (primary N) is 1. The van der Waals surface area contributed by atoms with Crippen LogP contribution in [0.1, 0.15) is 30.9 Å². The summed E-state index contributed by atoms with van der Waals surface area (Å²) in [6.07, 6.45) is 3.09. The van der Waals surface area contributed by atoms with Crippen molar-refractivity contribution in [2.75, 3.05) is 26.7 Å². The fraction of sp³-hybridized carbons (Fsp3) is 0.600. The van der Waals surface area contributed by atoms with Crippen molar-refractivity contribution in [2.45, 2.75) is 31.4 Å². The van der Waals surface area contributed by atoms with E-state index in [9.17, 15) is 8.78 Å². The Kier molecular flexibility index (Phi) is 5.46. The zero-order valence-electron chi connectivity index (χ0n) is 11.8. The lowest BCUT2D eigenvalue weighted by Crippen LogP contribution is -2.31. The van der Waals surface area contributed by atoms with Gasteiger partial charge >= 0.3 is 0 Å². The van der Waals surface area contributed by atoms with Gasteiger partial charge in [0, 0.05) is 24.8 Å². The van der Waals surface area contributed by atoms with E-state index in [4.69, 9.17) is 10.5 Å². The minimum absolute atomic E-state index is 0.246. The van der Waals surface area contributed by atoms with Crippen LogP contribution in [0.15, 0.2) is 18.2 Å². The van der Waals surface area contributed by atoms with Gasteiger partial charge < -0.3 is 15.4 Å². The first-order valence-electron chi connectivity index (χ1n) is 7.07. The molecule has 2 atom stereocenters. The van der Waals surface area contributed by atoms with Gasteiger partial charge in [-0.05, 0) is 38.9 Å². The maximum atomic E-state index is 13.6. The van der Waals surface area contributed by atoms with E-state index in [1.807, 2.05) is 7.05 Å². The third kappa shape index (κ3) is 3.98. The monoisotopic (exact) mass is 284 g/mol. The highest BCUT2D eigenvalue weighted by Crippen LogP contribution is 2.20. The molecule has 1 aromatic rings. The van der Waals surface area contributed by atoms with Crippen molar-refractivity contribution in [1.82, 2.24) is 4.90 Å². The molecule has 1 heterocycles. The van der Waals surface area contributed by atoms with Crippen LogP contribution in [0.3, 0.4) is 0 Å². The molecule has 20 heavy (non-hydrogen) atoms. The van der Waals surface area contributed by atoms with E-state index in [1.54, 1.807) is 6.07 Å². The standard InChI is InChI=1S/C15H22F2N2O/c1-19(10-11-4-3-9-20-11)8-7-14(18)12-5-2-6-13(16)15(12)17/h2,5-6,11,14H,3-4,7-10,18H2,1H3. The molecule has 2 rings (SSSR count). The highest BCUT2D eigenvalue weighted by Gasteiger charge is 2.19. The van der Waals surface area contributed by atoms with Gasteiger partial charge in [0.05, 0.1) is 6.10 Å². The fourth-order valence-corrected chi connectivity index (χ4v) is 2.55. The molecule has 0 aliphatic carbocycles. The maximum absolute atomic E-state index is 13.6. The van der Waals surface area contributed by atoms with Gasteiger partial charge in [0.1, 0.15) is 0 Å². The van der Waals surface area contributed by atoms with Crippen molar-refractivity contribution < 1.29 is 13.5 Å². The summed E-state index contributed by atoms with van der Waals surface area (Å²) in [6, 6.07) is 3.65. The molecule has 0 aromatic heterocycles. The van der Waals surface area contributed by atoms with Crippen molar-refractivity contribution in [2.24, 2.45) is 5.73 Å². The summed E-state index contributed by atoms with van der Waals surface area (Å²) < 4.78 is 32.3. The third-order valence-electron chi connectivity index (χ3n) is 3.74. The molecule has 0 bridgehead atoms. The number of likely N-dealkylation sites (N-methyl/N-ethyl adjacent to an activating group) is 1. The number of benzene rings is 1. The van der Waals surface area contributed by atoms with Gasteiger partial charge in [-0.2, -0.15) is 0 Å². The van der Waals surface area contributed by atoms with Crippen molar-refractivity contribution in [1.29, 1.82) is 0 Å². The maximum Gasteiger partial charge on any atom is 0.163 e. The number of hydrogen-bond donors (Lipinski definition) is 1. The average Bonchev–Trinajstić information content (AvgIpc) is 2.92. The number of rotatable bonds is 6. The summed E-state index contributed by atoms with van der Waals surface area (Å²) in [5.74, 6) is -1.67. The predicted octanol–water partition coefficient (Wildman–Crippen LogP) is 2.47. The molecule has 112 valence electrons. The topological polar surface area (TPSA) is 38.5 Å². The zero-order chi connectivity index (χ0) is 14.5. The normalized spacial score (nSPS) is 20.6. The molecule has 0 saturated carbocycles. The molecule has 2 N–H and O–H groups in total. The molecular weight excluding hydrogens is 262 g/mol. The number of nitrogens with zero attached hydrogens (tertiary/aromatic N) is 1. The molecule has 3 nitrogen and oxygen atoms in total. The molecular formula is C15H22F2N2O. The van der Waals surface area contributed by atoms with Crippen LogP contribution in [-0.4, -0.2) is 37.7 Å². The van der Waals surface area contributed by atoms with Crippen molar-refractivity contribution in [3.8, 4) is 0 Å². The first-order valence-corrected chi connectivity index (χ1v) is 7.07. The Morgan fingerprint density at radius 2 is 2.25 bits per heavy atom. The first-order chi connectivity index (χ1) is 9.58. The Bertz CT molecular complexity index is 436. The molecule has 1 aliphatic heterocycles. The van der Waals surface area contributed by atoms with Gasteiger partial charge in [-0.1, -0.05) is 12.1 Å². The molecule has 5 heteroatoms. The first kappa shape index (κ1) is 15.4. The van der Waals surface area contributed by atoms with Crippen LogP contribution in [0.5, 0.6) is 0 Å². The van der Waals surface area contributed by atoms with E-state index >= 15 is 0 Å². The van der Waals surface area contributed by atoms with E-state index in [-0.39, 0.29) is 5.56 Å². The van der Waals surface area contributed by atoms with Gasteiger partial charge in [-0.15, -0.1) is 0 Å². The van der Waals surface area contributed by atoms with Crippen LogP contribution in [0.4, 0.5) is 8.78 Å². The number of halogens is 2. The van der Waals surface area contributed by atoms with Gasteiger partial charge in [0.15, 0.2) is 11.6 Å². The summed E-state index contributed by atoms with van der Waals surface area (Å²) in [4.78, 5) is 2.13. The molecule has 0 spiro atoms. The summed E-state index contributed by atoms with van der Waals surface area (Å²) >= 11 is 0. The minimum atomic E-state index is -0.842. The molecule has 1 saturated heterocycles. The quantitative estimate of drug-likeness (QED) is 0.872. The Hall–Kier alpha value is -1.04. The Labute approximate surface area is 118 Å². The average molecular weight is 284 g/mol. The van der Waals surface area contributed by atoms with Gasteiger partial charge in [0.2, 0.25) is 0 Å². The highest BCUT2D eigenvalue weighted by molar-refractivity contribution is 5.22. The molecule has 1 aromatic carbocycles. The van der Waals surface area contributed by atoms with Crippen molar-refractivity contribution >= 4 is 0 Å². The molecule has 0 radical (unpaired) electrons. The zero-order valence-corrected chi connectivity index (χ0v) is 11.8. The SMILES string of the molecule is CN(CCC(N)c1cccc(F)c1F)CC1CCCO1. The molecule has 1 aliphatic rings. The Morgan fingerprint density at radius 1 is 1.45 bits per heavy atom. The highest BCUT2D eigenvalue weighted by atomic mass is 19.2. The minimum Gasteiger partial charge on any atom is -0.377 e. The Balaban J connectivity index is 1.81. The van der Waals surface area contributed by atoms with Gasteiger partial charge in [0.25, 0.3) is 0 Å². The lowest BCUT2D eigenvalue weighted by atomic mass is 10.0. The lowest BCUT2D eigenvalue weighted by Gasteiger charge is -2.22. The predicted molar refractivity (Wildman–Crippen MR) is 74.4 cm³/mol. The number of hydrogen-bond acceptors (Lipinski definition) is 3. The van der Waals surface area contributed by atoms with Gasteiger partial charge in [-0.3, -0.25) is 0 Å². The third-order valence-corrected chi connectivity index (χ3v) is 3.74. The molecule has 1 fully saturated rings. The van der Waals surface area contributed by atoms with Crippen LogP contribution < -0.4 is 5.73 Å². The largest absolute Gasteiger partial charge is 0.377 e. The van der Waals surface area contributed by atoms with Crippen LogP contribution in [0.2, 0.25) is 0 Å². The molecule has 2 unspecified atom stereocenters. The van der Waals surface area contributed by atoms with E-state index in [0.717, 1.165) is 38.6 Å². The van der Waals surface area contributed by atoms with Crippen molar-refractivity contribution in [3.63, 3.8) is 0 Å². The van der Waals surface area contributed by atoms with E-state index < -0.39 is 17.7 Å². The smallest absolute Gasteiger partial charge is 0.163 e. The van der Waals surface area contributed by atoms with Crippen LogP contribution >= 0.6 is 0 Å². The van der Waals surface area contributed by atoms with Crippen LogP contribution in [-0.2, 0) is 4.74 Å². The Morgan fingerprint density at radius 3 is 2.95 bits per heavy atom. The second-order valence-electron chi connectivity index (χ2n) is 5.44. The van der Waals surface area contributed by atoms with Crippen molar-refractivity contribution in [3.05, 3.63) is 35.4 Å². The van der Waals surface area contributed by atoms with Gasteiger partial charge in [-0.25, -0.2) is 8.78 Å². The second kappa shape index (κ2) is 7.11. The summed E-state index contributed by atoms with van der Waals surface area (Å²) in [5.41, 5.74) is 6.20. The number of ether oxygens (including phenoxy) is 1. The fourth-order valence-electron chi connectivity index (χ4n) is 2.55. The summed E-state index contributed by atoms with van der Waals surface area (Å²) in [6.45, 7) is 2.43. The van der Waals surface area contributed by atoms with E-state index in [2.05, 4.69) is 4.90 Å². The van der Waals surface area contributed by atoms with E-state index in [0.29, 0.717) is 12.5 Å². The van der Waals surface area contributed by atoms with Crippen LogP contribution in [0.25, 0.3) is 0 Å². The summed E-state index contributed by atoms with van der Waals surface area (Å²) in [7, 11) is 2.00. The van der Waals surface area contributed by atoms with Crippen LogP contribution in [0, 0.1) is 11.6 Å². The molecule has 0 amide bonds. The second-order valence-corrected chi connectivity index (χ2v) is 5.44. The lowest BCUT2D eigenvalue weighted by molar-refractivity contribution is 0.0804. The van der Waals surface area contributed by atoms with E-state index in [1.165, 1.54) is 6.07 Å². The summed E-state index contributed by atoms with van der Waals surface area (Å²) in [5, 5.41) is 0.